The quantitative estimate of drug-likeness (QED) is 0.356. The van der Waals surface area contributed by atoms with E-state index in [1.807, 2.05) is 0 Å². The Hall–Kier alpha value is -0.740. The van der Waals surface area contributed by atoms with Crippen LogP contribution in [0.15, 0.2) is 4.52 Å². The van der Waals surface area contributed by atoms with Gasteiger partial charge in [-0.2, -0.15) is 0 Å². The van der Waals surface area contributed by atoms with Gasteiger partial charge < -0.3 is 0 Å². The van der Waals surface area contributed by atoms with Gasteiger partial charge in [0.2, 0.25) is 10.0 Å². The molecule has 0 saturated heterocycles. The summed E-state index contributed by atoms with van der Waals surface area (Å²) in [6, 6.07) is 0. The van der Waals surface area contributed by atoms with Crippen molar-refractivity contribution in [1.29, 1.82) is 0 Å². The summed E-state index contributed by atoms with van der Waals surface area (Å²) in [6.45, 7) is 3.48. The fourth-order valence-electron chi connectivity index (χ4n) is 0.510. The van der Waals surface area contributed by atoms with Crippen molar-refractivity contribution in [3.63, 3.8) is 0 Å². The van der Waals surface area contributed by atoms with Gasteiger partial charge in [-0.15, -0.1) is 0 Å². The minimum atomic E-state index is -3.52. The second-order valence-corrected chi connectivity index (χ2v) is 3.97. The maximum Gasteiger partial charge on any atom is 0.235 e. The van der Waals surface area contributed by atoms with E-state index in [0.29, 0.717) is 0 Å². The highest BCUT2D eigenvalue weighted by molar-refractivity contribution is 7.89. The molecule has 0 rings (SSSR count). The normalized spacial score (nSPS) is 11.1. The van der Waals surface area contributed by atoms with Gasteiger partial charge in [0.1, 0.15) is 0 Å². The SMILES string of the molecule is CC(C)CS(=O)(=O)N=[N+]=[N-]. The fourth-order valence-corrected chi connectivity index (χ4v) is 1.53. The molecular formula is C4H9N3O2S. The number of azide groups is 1. The molecule has 0 N–H and O–H groups in total. The third-order valence-corrected chi connectivity index (χ3v) is 2.11. The Morgan fingerprint density at radius 1 is 1.60 bits per heavy atom. The van der Waals surface area contributed by atoms with Crippen LogP contribution in [0.4, 0.5) is 0 Å². The Morgan fingerprint density at radius 3 is 2.40 bits per heavy atom. The number of sulfonamides is 1. The van der Waals surface area contributed by atoms with Gasteiger partial charge in [-0.25, -0.2) is 8.42 Å². The molecule has 0 fully saturated rings. The first-order valence-corrected chi connectivity index (χ1v) is 4.38. The largest absolute Gasteiger partial charge is 0.235 e. The average molecular weight is 163 g/mol. The van der Waals surface area contributed by atoms with Crippen LogP contribution in [0.3, 0.4) is 0 Å². The predicted molar refractivity (Wildman–Crippen MR) is 37.8 cm³/mol. The first kappa shape index (κ1) is 9.26. The first-order valence-electron chi connectivity index (χ1n) is 2.77. The maximum atomic E-state index is 10.6. The monoisotopic (exact) mass is 163 g/mol. The molecule has 58 valence electrons. The molecule has 10 heavy (non-hydrogen) atoms. The molecule has 0 unspecified atom stereocenters. The topological polar surface area (TPSA) is 82.9 Å². The van der Waals surface area contributed by atoms with Crippen LogP contribution >= 0.6 is 0 Å². The van der Waals surface area contributed by atoms with Crippen LogP contribution < -0.4 is 0 Å². The van der Waals surface area contributed by atoms with Crippen LogP contribution in [0.2, 0.25) is 0 Å². The molecule has 0 atom stereocenters. The Labute approximate surface area is 59.7 Å². The Bertz CT molecular complexity index is 237. The van der Waals surface area contributed by atoms with Crippen LogP contribution in [0, 0.1) is 5.92 Å². The summed E-state index contributed by atoms with van der Waals surface area (Å²) < 4.78 is 23.9. The maximum absolute atomic E-state index is 10.6. The third kappa shape index (κ3) is 4.17. The summed E-state index contributed by atoms with van der Waals surface area (Å²) in [5, 5.41) is 0. The van der Waals surface area contributed by atoms with Gasteiger partial charge in [-0.05, 0) is 11.4 Å². The van der Waals surface area contributed by atoms with Crippen LogP contribution in [0.25, 0.3) is 10.4 Å². The zero-order valence-corrected chi connectivity index (χ0v) is 6.67. The van der Waals surface area contributed by atoms with Crippen molar-refractivity contribution in [2.45, 2.75) is 13.8 Å². The van der Waals surface area contributed by atoms with E-state index in [-0.39, 0.29) is 11.7 Å². The zero-order chi connectivity index (χ0) is 8.20. The molecule has 0 aliphatic heterocycles. The van der Waals surface area contributed by atoms with E-state index in [0.717, 1.165) is 0 Å². The van der Waals surface area contributed by atoms with Crippen LogP contribution in [0.1, 0.15) is 13.8 Å². The second kappa shape index (κ2) is 3.43. The van der Waals surface area contributed by atoms with Crippen molar-refractivity contribution >= 4 is 10.0 Å². The number of nitrogens with zero attached hydrogens (tertiary/aromatic N) is 3. The van der Waals surface area contributed by atoms with E-state index < -0.39 is 10.0 Å². The highest BCUT2D eigenvalue weighted by Crippen LogP contribution is 2.01. The smallest absolute Gasteiger partial charge is 0.221 e. The van der Waals surface area contributed by atoms with E-state index in [1.165, 1.54) is 0 Å². The minimum absolute atomic E-state index is 0.00417. The molecular weight excluding hydrogens is 154 g/mol. The number of hydrogen-bond acceptors (Lipinski definition) is 2. The summed E-state index contributed by atoms with van der Waals surface area (Å²) in [5.41, 5.74) is 7.79. The lowest BCUT2D eigenvalue weighted by Gasteiger charge is -1.98. The Kier molecular flexibility index (Phi) is 3.18. The third-order valence-electron chi connectivity index (χ3n) is 0.705. The summed E-state index contributed by atoms with van der Waals surface area (Å²) >= 11 is 0. The predicted octanol–water partition coefficient (Wildman–Crippen LogP) is 1.28. The second-order valence-electron chi connectivity index (χ2n) is 2.31. The summed E-state index contributed by atoms with van der Waals surface area (Å²) in [5.74, 6) is -0.0904. The lowest BCUT2D eigenvalue weighted by molar-refractivity contribution is 0.583. The van der Waals surface area contributed by atoms with Gasteiger partial charge in [0.25, 0.3) is 0 Å². The molecule has 0 heterocycles. The molecule has 0 radical (unpaired) electrons. The van der Waals surface area contributed by atoms with E-state index in [4.69, 9.17) is 5.53 Å². The van der Waals surface area contributed by atoms with Gasteiger partial charge in [0.05, 0.1) is 5.75 Å². The van der Waals surface area contributed by atoms with Crippen LogP contribution in [-0.2, 0) is 10.0 Å². The fraction of sp³-hybridized carbons (Fsp3) is 1.00. The van der Waals surface area contributed by atoms with Crippen molar-refractivity contribution in [2.75, 3.05) is 5.75 Å². The van der Waals surface area contributed by atoms with Crippen LogP contribution in [-0.4, -0.2) is 14.2 Å². The summed E-state index contributed by atoms with van der Waals surface area (Å²) in [4.78, 5) is 2.20. The molecule has 0 bridgehead atoms. The highest BCUT2D eigenvalue weighted by atomic mass is 32.2. The first-order chi connectivity index (χ1) is 4.48. The van der Waals surface area contributed by atoms with E-state index in [2.05, 4.69) is 9.43 Å². The lowest BCUT2D eigenvalue weighted by atomic mass is 10.3. The molecule has 0 aliphatic carbocycles. The molecule has 0 saturated carbocycles. The molecule has 0 aromatic heterocycles. The number of rotatable bonds is 3. The van der Waals surface area contributed by atoms with Crippen LogP contribution in [0.5, 0.6) is 0 Å². The minimum Gasteiger partial charge on any atom is -0.221 e. The van der Waals surface area contributed by atoms with E-state index >= 15 is 0 Å². The molecule has 0 aromatic rings. The zero-order valence-electron chi connectivity index (χ0n) is 5.85. The Morgan fingerprint density at radius 2 is 2.10 bits per heavy atom. The molecule has 0 aromatic carbocycles. The van der Waals surface area contributed by atoms with Gasteiger partial charge in [-0.1, -0.05) is 13.8 Å². The standard InChI is InChI=1S/C4H9N3O2S/c1-4(2)3-10(8,9)7-6-5/h4H,3H2,1-2H3. The van der Waals surface area contributed by atoms with E-state index in [1.54, 1.807) is 13.8 Å². The molecule has 5 nitrogen and oxygen atoms in total. The van der Waals surface area contributed by atoms with Crippen molar-refractivity contribution in [3.8, 4) is 0 Å². The van der Waals surface area contributed by atoms with Crippen molar-refractivity contribution in [2.24, 2.45) is 10.4 Å². The molecule has 0 aliphatic rings. The highest BCUT2D eigenvalue weighted by Gasteiger charge is 2.09. The summed E-state index contributed by atoms with van der Waals surface area (Å²) in [7, 11) is -3.52. The van der Waals surface area contributed by atoms with Gasteiger partial charge >= 0.3 is 0 Å². The van der Waals surface area contributed by atoms with Crippen molar-refractivity contribution in [1.82, 2.24) is 0 Å². The lowest BCUT2D eigenvalue weighted by Crippen LogP contribution is -2.07. The van der Waals surface area contributed by atoms with Crippen molar-refractivity contribution in [3.05, 3.63) is 10.4 Å². The van der Waals surface area contributed by atoms with E-state index in [9.17, 15) is 8.42 Å². The summed E-state index contributed by atoms with van der Waals surface area (Å²) in [6.07, 6.45) is 0. The van der Waals surface area contributed by atoms with Gasteiger partial charge in [0, 0.05) is 9.43 Å². The average Bonchev–Trinajstić information content (AvgIpc) is 1.59. The Balaban J connectivity index is 4.30. The molecule has 6 heteroatoms. The number of hydrogen-bond donors (Lipinski definition) is 0. The van der Waals surface area contributed by atoms with Gasteiger partial charge in [-0.3, -0.25) is 0 Å². The molecule has 0 spiro atoms. The van der Waals surface area contributed by atoms with Crippen molar-refractivity contribution < 1.29 is 8.42 Å². The molecule has 0 amide bonds. The van der Waals surface area contributed by atoms with Gasteiger partial charge in [0.15, 0.2) is 0 Å².